The molecule has 0 saturated heterocycles. The van der Waals surface area contributed by atoms with Crippen molar-refractivity contribution >= 4 is 57.8 Å². The van der Waals surface area contributed by atoms with E-state index in [2.05, 4.69) is 46.9 Å². The molecule has 0 radical (unpaired) electrons. The lowest BCUT2D eigenvalue weighted by molar-refractivity contribution is 0.261. The Hall–Kier alpha value is -1.83. The lowest BCUT2D eigenvalue weighted by Crippen LogP contribution is -2.20. The van der Waals surface area contributed by atoms with E-state index < -0.39 is 0 Å². The molecule has 0 bridgehead atoms. The summed E-state index contributed by atoms with van der Waals surface area (Å²) in [6.07, 6.45) is 15.7. The number of nitrogens with zero attached hydrogens (tertiary/aromatic N) is 1. The van der Waals surface area contributed by atoms with Crippen LogP contribution < -0.4 is 15.4 Å². The topological polar surface area (TPSA) is 53.6 Å². The number of benzene rings is 2. The summed E-state index contributed by atoms with van der Waals surface area (Å²) in [5, 5.41) is 8.60. The molecule has 8 heteroatoms. The Bertz CT molecular complexity index is 1040. The molecule has 0 fully saturated rings. The zero-order valence-corrected chi connectivity index (χ0v) is 27.5. The predicted molar refractivity (Wildman–Crippen MR) is 179 cm³/mol. The lowest BCUT2D eigenvalue weighted by Gasteiger charge is -2.19. The van der Waals surface area contributed by atoms with Gasteiger partial charge in [-0.3, -0.25) is 0 Å². The highest BCUT2D eigenvalue weighted by molar-refractivity contribution is 8.93. The number of hydrogen-bond donors (Lipinski definition) is 2. The Morgan fingerprint density at radius 3 is 2.12 bits per heavy atom. The van der Waals surface area contributed by atoms with Gasteiger partial charge in [-0.05, 0) is 48.6 Å². The van der Waals surface area contributed by atoms with Crippen LogP contribution >= 0.6 is 40.3 Å². The first-order chi connectivity index (χ1) is 19.0. The molecule has 40 heavy (non-hydrogen) atoms. The smallest absolute Gasteiger partial charge is 0.323 e. The fourth-order valence-electron chi connectivity index (χ4n) is 4.64. The van der Waals surface area contributed by atoms with Gasteiger partial charge in [0.1, 0.15) is 5.75 Å². The number of anilines is 2. The van der Waals surface area contributed by atoms with E-state index in [0.717, 1.165) is 31.0 Å². The molecule has 2 amide bonds. The van der Waals surface area contributed by atoms with Crippen LogP contribution in [0, 0.1) is 0 Å². The van der Waals surface area contributed by atoms with E-state index >= 15 is 0 Å². The molecule has 0 aliphatic carbocycles. The van der Waals surface area contributed by atoms with E-state index in [1.165, 1.54) is 75.5 Å². The second-order valence-corrected chi connectivity index (χ2v) is 11.7. The van der Waals surface area contributed by atoms with Crippen LogP contribution in [0.4, 0.5) is 16.2 Å². The van der Waals surface area contributed by atoms with E-state index in [-0.39, 0.29) is 23.0 Å². The standard InChI is InChI=1S/C32H46ClN3O2S.BrH/c1-3-4-5-6-7-8-9-10-11-12-13-14-21-38-31-22-28(33)17-20-30(31)35-32(37)34-29-18-15-27(16-19-29)23-36-25-39-24-26(36)2;/h15-20,22,24H,3-14,21,23,25H2,1-2H3,(H2,34,35,37);1H. The molecule has 5 nitrogen and oxygen atoms in total. The summed E-state index contributed by atoms with van der Waals surface area (Å²) in [6, 6.07) is 13.0. The largest absolute Gasteiger partial charge is 0.491 e. The first-order valence-corrected chi connectivity index (χ1v) is 16.1. The minimum absolute atomic E-state index is 0. The molecule has 1 heterocycles. The van der Waals surface area contributed by atoms with Crippen molar-refractivity contribution in [1.29, 1.82) is 0 Å². The Morgan fingerprint density at radius 1 is 0.900 bits per heavy atom. The predicted octanol–water partition coefficient (Wildman–Crippen LogP) is 11.0. The molecule has 1 aliphatic rings. The number of amides is 2. The van der Waals surface area contributed by atoms with Gasteiger partial charge in [-0.15, -0.1) is 28.7 Å². The molecular formula is C32H47BrClN3O2S. The number of rotatable bonds is 18. The average Bonchev–Trinajstić information content (AvgIpc) is 3.33. The highest BCUT2D eigenvalue weighted by Gasteiger charge is 2.13. The number of nitrogens with one attached hydrogen (secondary N) is 2. The average molecular weight is 653 g/mol. The third-order valence-corrected chi connectivity index (χ3v) is 8.22. The van der Waals surface area contributed by atoms with Crippen LogP contribution in [0.2, 0.25) is 5.02 Å². The molecule has 0 atom stereocenters. The molecule has 0 unspecified atom stereocenters. The molecule has 222 valence electrons. The second kappa shape index (κ2) is 20.1. The summed E-state index contributed by atoms with van der Waals surface area (Å²) in [6.45, 7) is 5.88. The molecule has 2 aromatic carbocycles. The monoisotopic (exact) mass is 651 g/mol. The Morgan fingerprint density at radius 2 is 1.52 bits per heavy atom. The van der Waals surface area contributed by atoms with Crippen LogP contribution in [0.1, 0.15) is 96.5 Å². The minimum Gasteiger partial charge on any atom is -0.491 e. The maximum atomic E-state index is 12.7. The van der Waals surface area contributed by atoms with Crippen molar-refractivity contribution < 1.29 is 9.53 Å². The summed E-state index contributed by atoms with van der Waals surface area (Å²) < 4.78 is 6.01. The number of allylic oxidation sites excluding steroid dienone is 1. The van der Waals surface area contributed by atoms with Crippen LogP contribution in [-0.2, 0) is 6.54 Å². The van der Waals surface area contributed by atoms with Crippen molar-refractivity contribution in [3.8, 4) is 5.75 Å². The van der Waals surface area contributed by atoms with E-state index in [0.29, 0.717) is 23.1 Å². The van der Waals surface area contributed by atoms with Gasteiger partial charge in [0.05, 0.1) is 18.2 Å². The second-order valence-electron chi connectivity index (χ2n) is 10.4. The molecule has 2 aromatic rings. The van der Waals surface area contributed by atoms with E-state index in [1.807, 2.05) is 23.9 Å². The van der Waals surface area contributed by atoms with Gasteiger partial charge in [0, 0.05) is 29.0 Å². The van der Waals surface area contributed by atoms with Crippen molar-refractivity contribution in [2.75, 3.05) is 23.1 Å². The quantitative estimate of drug-likeness (QED) is 0.157. The van der Waals surface area contributed by atoms with Gasteiger partial charge in [-0.1, -0.05) is 101 Å². The van der Waals surface area contributed by atoms with Gasteiger partial charge >= 0.3 is 6.03 Å². The van der Waals surface area contributed by atoms with E-state index in [1.54, 1.807) is 18.2 Å². The molecule has 3 rings (SSSR count). The normalized spacial score (nSPS) is 12.6. The fraction of sp³-hybridized carbons (Fsp3) is 0.531. The van der Waals surface area contributed by atoms with Crippen LogP contribution in [-0.4, -0.2) is 23.4 Å². The summed E-state index contributed by atoms with van der Waals surface area (Å²) >= 11 is 8.03. The van der Waals surface area contributed by atoms with Crippen LogP contribution in [0.15, 0.2) is 53.6 Å². The number of urea groups is 1. The molecule has 1 aliphatic heterocycles. The van der Waals surface area contributed by atoms with Gasteiger partial charge in [0.2, 0.25) is 0 Å². The van der Waals surface area contributed by atoms with Crippen molar-refractivity contribution in [2.24, 2.45) is 0 Å². The van der Waals surface area contributed by atoms with E-state index in [9.17, 15) is 4.79 Å². The molecule has 0 saturated carbocycles. The SMILES string of the molecule is Br.CCCCCCCCCCCCCCOc1cc(Cl)ccc1NC(=O)Nc1ccc(CN2CSC=C2C)cc1. The van der Waals surface area contributed by atoms with Gasteiger partial charge in [0.25, 0.3) is 0 Å². The Balaban J connectivity index is 0.00000560. The number of hydrogen-bond acceptors (Lipinski definition) is 4. The molecular weight excluding hydrogens is 606 g/mol. The van der Waals surface area contributed by atoms with E-state index in [4.69, 9.17) is 16.3 Å². The van der Waals surface area contributed by atoms with Crippen LogP contribution in [0.25, 0.3) is 0 Å². The van der Waals surface area contributed by atoms with Crippen molar-refractivity contribution in [2.45, 2.75) is 97.4 Å². The minimum atomic E-state index is -0.310. The summed E-state index contributed by atoms with van der Waals surface area (Å²) in [4.78, 5) is 15.0. The fourth-order valence-corrected chi connectivity index (χ4v) is 5.74. The van der Waals surface area contributed by atoms with Crippen molar-refractivity contribution in [1.82, 2.24) is 4.90 Å². The number of carbonyl (C=O) groups is 1. The Labute approximate surface area is 261 Å². The summed E-state index contributed by atoms with van der Waals surface area (Å²) in [7, 11) is 0. The first-order valence-electron chi connectivity index (χ1n) is 14.7. The lowest BCUT2D eigenvalue weighted by atomic mass is 10.1. The van der Waals surface area contributed by atoms with Gasteiger partial charge in [-0.25, -0.2) is 4.79 Å². The third-order valence-electron chi connectivity index (χ3n) is 7.02. The zero-order valence-electron chi connectivity index (χ0n) is 24.2. The number of halogens is 2. The highest BCUT2D eigenvalue weighted by Crippen LogP contribution is 2.29. The van der Waals surface area contributed by atoms with Crippen LogP contribution in [0.3, 0.4) is 0 Å². The van der Waals surface area contributed by atoms with Crippen molar-refractivity contribution in [3.63, 3.8) is 0 Å². The Kier molecular flexibility index (Phi) is 17.3. The maximum Gasteiger partial charge on any atom is 0.323 e. The van der Waals surface area contributed by atoms with Crippen molar-refractivity contribution in [3.05, 3.63) is 64.2 Å². The molecule has 0 aromatic heterocycles. The summed E-state index contributed by atoms with van der Waals surface area (Å²) in [5.41, 5.74) is 3.86. The molecule has 2 N–H and O–H groups in total. The summed E-state index contributed by atoms with van der Waals surface area (Å²) in [5.74, 6) is 1.59. The number of carbonyl (C=O) groups excluding carboxylic acids is 1. The van der Waals surface area contributed by atoms with Crippen LogP contribution in [0.5, 0.6) is 5.75 Å². The van der Waals surface area contributed by atoms with Gasteiger partial charge in [0.15, 0.2) is 0 Å². The third kappa shape index (κ3) is 13.2. The number of unbranched alkanes of at least 4 members (excludes halogenated alkanes) is 11. The van der Waals surface area contributed by atoms with Gasteiger partial charge in [-0.2, -0.15) is 0 Å². The first kappa shape index (κ1) is 34.4. The number of ether oxygens (including phenoxy) is 1. The van der Waals surface area contributed by atoms with Gasteiger partial charge < -0.3 is 20.3 Å². The number of thioether (sulfide) groups is 1. The zero-order chi connectivity index (χ0) is 27.7. The molecule has 0 spiro atoms. The maximum absolute atomic E-state index is 12.7. The highest BCUT2D eigenvalue weighted by atomic mass is 79.9.